The first-order valence-electron chi connectivity index (χ1n) is 6.81. The van der Waals surface area contributed by atoms with Crippen LogP contribution in [0.3, 0.4) is 0 Å². The molecule has 2 rings (SSSR count). The van der Waals surface area contributed by atoms with Crippen molar-refractivity contribution in [2.75, 3.05) is 13.2 Å². The number of hydrogen-bond acceptors (Lipinski definition) is 2. The highest BCUT2D eigenvalue weighted by atomic mass is 79.9. The Morgan fingerprint density at radius 2 is 1.70 bits per heavy atom. The molecule has 0 aliphatic rings. The van der Waals surface area contributed by atoms with E-state index in [1.807, 2.05) is 6.07 Å². The lowest BCUT2D eigenvalue weighted by molar-refractivity contribution is 0.313. The Morgan fingerprint density at radius 1 is 1.05 bits per heavy atom. The van der Waals surface area contributed by atoms with Gasteiger partial charge in [-0.25, -0.2) is 0 Å². The van der Waals surface area contributed by atoms with E-state index >= 15 is 0 Å². The van der Waals surface area contributed by atoms with Gasteiger partial charge in [-0.05, 0) is 42.7 Å². The molecular weight excluding hydrogens is 314 g/mol. The number of halogens is 1. The fraction of sp³-hybridized carbons (Fsp3) is 0.294. The van der Waals surface area contributed by atoms with Gasteiger partial charge in [0.1, 0.15) is 12.4 Å². The molecule has 0 amide bonds. The summed E-state index contributed by atoms with van der Waals surface area (Å²) in [5, 5.41) is 3.38. The quantitative estimate of drug-likeness (QED) is 0.798. The SMILES string of the molecule is Cc1cc(OCCNCc2ccccc2)cc(C)c1Br. The highest BCUT2D eigenvalue weighted by Crippen LogP contribution is 2.26. The molecule has 0 saturated carbocycles. The Bertz CT molecular complexity index is 531. The molecule has 0 atom stereocenters. The molecule has 0 unspecified atom stereocenters. The van der Waals surface area contributed by atoms with Gasteiger partial charge in [0.2, 0.25) is 0 Å². The van der Waals surface area contributed by atoms with E-state index in [4.69, 9.17) is 4.74 Å². The van der Waals surface area contributed by atoms with Crippen molar-refractivity contribution in [3.63, 3.8) is 0 Å². The molecule has 0 heterocycles. The van der Waals surface area contributed by atoms with Crippen molar-refractivity contribution in [2.45, 2.75) is 20.4 Å². The molecule has 0 spiro atoms. The summed E-state index contributed by atoms with van der Waals surface area (Å²) >= 11 is 3.56. The zero-order valence-electron chi connectivity index (χ0n) is 11.9. The lowest BCUT2D eigenvalue weighted by atomic mass is 10.1. The van der Waals surface area contributed by atoms with Crippen LogP contribution >= 0.6 is 15.9 Å². The van der Waals surface area contributed by atoms with Gasteiger partial charge < -0.3 is 10.1 Å². The molecule has 2 nitrogen and oxygen atoms in total. The summed E-state index contributed by atoms with van der Waals surface area (Å²) in [6.45, 7) is 6.55. The molecule has 0 bridgehead atoms. The van der Waals surface area contributed by atoms with Gasteiger partial charge in [-0.15, -0.1) is 0 Å². The largest absolute Gasteiger partial charge is 0.492 e. The van der Waals surface area contributed by atoms with E-state index in [0.717, 1.165) is 23.3 Å². The van der Waals surface area contributed by atoms with Crippen molar-refractivity contribution in [3.8, 4) is 5.75 Å². The number of ether oxygens (including phenoxy) is 1. The van der Waals surface area contributed by atoms with Crippen molar-refractivity contribution in [2.24, 2.45) is 0 Å². The predicted molar refractivity (Wildman–Crippen MR) is 87.3 cm³/mol. The summed E-state index contributed by atoms with van der Waals surface area (Å²) in [6, 6.07) is 14.5. The van der Waals surface area contributed by atoms with Gasteiger partial charge in [0.15, 0.2) is 0 Å². The molecule has 0 aliphatic carbocycles. The van der Waals surface area contributed by atoms with Gasteiger partial charge in [-0.1, -0.05) is 46.3 Å². The first kappa shape index (κ1) is 15.1. The molecule has 2 aromatic carbocycles. The second-order valence-electron chi connectivity index (χ2n) is 4.88. The van der Waals surface area contributed by atoms with Crippen molar-refractivity contribution < 1.29 is 4.74 Å². The Balaban J connectivity index is 1.74. The molecule has 20 heavy (non-hydrogen) atoms. The number of hydrogen-bond donors (Lipinski definition) is 1. The summed E-state index contributed by atoms with van der Waals surface area (Å²) in [5.74, 6) is 0.935. The minimum absolute atomic E-state index is 0.674. The Hall–Kier alpha value is -1.32. The van der Waals surface area contributed by atoms with Crippen LogP contribution in [0.5, 0.6) is 5.75 Å². The molecule has 106 valence electrons. The van der Waals surface area contributed by atoms with E-state index in [1.165, 1.54) is 16.7 Å². The van der Waals surface area contributed by atoms with Crippen LogP contribution in [0.4, 0.5) is 0 Å². The smallest absolute Gasteiger partial charge is 0.119 e. The van der Waals surface area contributed by atoms with E-state index < -0.39 is 0 Å². The number of nitrogens with one attached hydrogen (secondary N) is 1. The molecule has 0 radical (unpaired) electrons. The molecule has 0 saturated heterocycles. The molecule has 0 fully saturated rings. The second-order valence-corrected chi connectivity index (χ2v) is 5.67. The van der Waals surface area contributed by atoms with Gasteiger partial charge >= 0.3 is 0 Å². The fourth-order valence-corrected chi connectivity index (χ4v) is 2.29. The van der Waals surface area contributed by atoms with Crippen LogP contribution in [0.15, 0.2) is 46.9 Å². The Morgan fingerprint density at radius 3 is 2.35 bits per heavy atom. The summed E-state index contributed by atoms with van der Waals surface area (Å²) in [5.41, 5.74) is 3.71. The molecule has 0 aliphatic heterocycles. The molecule has 1 N–H and O–H groups in total. The highest BCUT2D eigenvalue weighted by Gasteiger charge is 2.02. The summed E-state index contributed by atoms with van der Waals surface area (Å²) in [6.07, 6.45) is 0. The van der Waals surface area contributed by atoms with Gasteiger partial charge in [-0.2, -0.15) is 0 Å². The van der Waals surface area contributed by atoms with Crippen molar-refractivity contribution in [1.82, 2.24) is 5.32 Å². The van der Waals surface area contributed by atoms with Crippen LogP contribution in [0.25, 0.3) is 0 Å². The van der Waals surface area contributed by atoms with Crippen molar-refractivity contribution in [3.05, 3.63) is 63.6 Å². The lowest BCUT2D eigenvalue weighted by Crippen LogP contribution is -2.20. The summed E-state index contributed by atoms with van der Waals surface area (Å²) < 4.78 is 6.94. The zero-order chi connectivity index (χ0) is 14.4. The maximum atomic E-state index is 5.78. The van der Waals surface area contributed by atoms with Gasteiger partial charge in [0.25, 0.3) is 0 Å². The first-order chi connectivity index (χ1) is 9.66. The lowest BCUT2D eigenvalue weighted by Gasteiger charge is -2.10. The van der Waals surface area contributed by atoms with Crippen LogP contribution < -0.4 is 10.1 Å². The molecular formula is C17H20BrNO. The maximum Gasteiger partial charge on any atom is 0.119 e. The normalized spacial score (nSPS) is 10.6. The van der Waals surface area contributed by atoms with E-state index in [-0.39, 0.29) is 0 Å². The highest BCUT2D eigenvalue weighted by molar-refractivity contribution is 9.10. The number of aryl methyl sites for hydroxylation is 2. The minimum atomic E-state index is 0.674. The van der Waals surface area contributed by atoms with Crippen LogP contribution in [-0.4, -0.2) is 13.2 Å². The average molecular weight is 334 g/mol. The third kappa shape index (κ3) is 4.36. The molecule has 3 heteroatoms. The summed E-state index contributed by atoms with van der Waals surface area (Å²) in [4.78, 5) is 0. The Kier molecular flexibility index (Phi) is 5.62. The number of rotatable bonds is 6. The van der Waals surface area contributed by atoms with Crippen LogP contribution in [-0.2, 0) is 6.54 Å². The maximum absolute atomic E-state index is 5.78. The molecule has 0 aromatic heterocycles. The third-order valence-electron chi connectivity index (χ3n) is 3.13. The van der Waals surface area contributed by atoms with Gasteiger partial charge in [-0.3, -0.25) is 0 Å². The van der Waals surface area contributed by atoms with E-state index in [2.05, 4.69) is 71.5 Å². The monoisotopic (exact) mass is 333 g/mol. The molecule has 2 aromatic rings. The Labute approximate surface area is 129 Å². The zero-order valence-corrected chi connectivity index (χ0v) is 13.5. The van der Waals surface area contributed by atoms with Crippen LogP contribution in [0.1, 0.15) is 16.7 Å². The fourth-order valence-electron chi connectivity index (χ4n) is 2.06. The third-order valence-corrected chi connectivity index (χ3v) is 4.38. The number of benzene rings is 2. The van der Waals surface area contributed by atoms with Gasteiger partial charge in [0.05, 0.1) is 0 Å². The van der Waals surface area contributed by atoms with Crippen molar-refractivity contribution >= 4 is 15.9 Å². The average Bonchev–Trinajstić information content (AvgIpc) is 2.45. The van der Waals surface area contributed by atoms with E-state index in [1.54, 1.807) is 0 Å². The minimum Gasteiger partial charge on any atom is -0.492 e. The predicted octanol–water partition coefficient (Wildman–Crippen LogP) is 4.23. The first-order valence-corrected chi connectivity index (χ1v) is 7.60. The van der Waals surface area contributed by atoms with Gasteiger partial charge in [0, 0.05) is 17.6 Å². The summed E-state index contributed by atoms with van der Waals surface area (Å²) in [7, 11) is 0. The van der Waals surface area contributed by atoms with Crippen molar-refractivity contribution in [1.29, 1.82) is 0 Å². The van der Waals surface area contributed by atoms with E-state index in [0.29, 0.717) is 6.61 Å². The topological polar surface area (TPSA) is 21.3 Å². The van der Waals surface area contributed by atoms with Crippen LogP contribution in [0, 0.1) is 13.8 Å². The standard InChI is InChI=1S/C17H20BrNO/c1-13-10-16(11-14(2)17(13)18)20-9-8-19-12-15-6-4-3-5-7-15/h3-7,10-11,19H,8-9,12H2,1-2H3. The second kappa shape index (κ2) is 7.46. The van der Waals surface area contributed by atoms with E-state index in [9.17, 15) is 0 Å². The van der Waals surface area contributed by atoms with Crippen LogP contribution in [0.2, 0.25) is 0 Å².